The number of carboxylic acids is 1. The van der Waals surface area contributed by atoms with Crippen molar-refractivity contribution in [2.45, 2.75) is 58.0 Å². The summed E-state index contributed by atoms with van der Waals surface area (Å²) in [5.41, 5.74) is 4.51. The maximum atomic E-state index is 12.8. The molecule has 33 heavy (non-hydrogen) atoms. The predicted molar refractivity (Wildman–Crippen MR) is 126 cm³/mol. The Balaban J connectivity index is 1.64. The van der Waals surface area contributed by atoms with E-state index in [1.165, 1.54) is 0 Å². The summed E-state index contributed by atoms with van der Waals surface area (Å²) in [6.45, 7) is 5.77. The highest BCUT2D eigenvalue weighted by molar-refractivity contribution is 5.86. The number of hydrogen-bond acceptors (Lipinski definition) is 4. The molecule has 7 nitrogen and oxygen atoms in total. The van der Waals surface area contributed by atoms with Crippen LogP contribution in [0.25, 0.3) is 11.1 Å². The van der Waals surface area contributed by atoms with E-state index in [1.807, 2.05) is 57.2 Å². The molecule has 2 atom stereocenters. The van der Waals surface area contributed by atoms with Crippen LogP contribution in [-0.2, 0) is 14.3 Å². The lowest BCUT2D eigenvalue weighted by atomic mass is 9.98. The Labute approximate surface area is 194 Å². The smallest absolute Gasteiger partial charge is 0.407 e. The Hall–Kier alpha value is -3.35. The molecule has 0 aromatic heterocycles. The van der Waals surface area contributed by atoms with Crippen molar-refractivity contribution in [2.24, 2.45) is 5.92 Å². The van der Waals surface area contributed by atoms with Crippen molar-refractivity contribution in [1.82, 2.24) is 10.6 Å². The first-order valence-corrected chi connectivity index (χ1v) is 11.5. The number of rotatable bonds is 10. The molecule has 0 saturated heterocycles. The number of hydrogen-bond donors (Lipinski definition) is 3. The normalized spacial score (nSPS) is 14.2. The van der Waals surface area contributed by atoms with Gasteiger partial charge in [0.05, 0.1) is 6.42 Å². The molecule has 0 fully saturated rings. The quantitative estimate of drug-likeness (QED) is 0.498. The predicted octanol–water partition coefficient (Wildman–Crippen LogP) is 4.31. The monoisotopic (exact) mass is 452 g/mol. The molecular formula is C26H32N2O5. The van der Waals surface area contributed by atoms with Gasteiger partial charge in [-0.1, -0.05) is 75.7 Å². The van der Waals surface area contributed by atoms with Crippen molar-refractivity contribution >= 4 is 18.0 Å². The SMILES string of the molecule is CCC[C@H](NC(=O)OCC1c2ccccc2-c2ccccc21)C(=O)N[C@@H](CC(=O)O)C(C)C. The molecule has 0 aliphatic heterocycles. The first kappa shape index (κ1) is 24.3. The van der Waals surface area contributed by atoms with Gasteiger partial charge in [0.1, 0.15) is 12.6 Å². The molecule has 1 aliphatic carbocycles. The van der Waals surface area contributed by atoms with Crippen molar-refractivity contribution in [2.75, 3.05) is 6.61 Å². The lowest BCUT2D eigenvalue weighted by Crippen LogP contribution is -2.51. The molecule has 0 unspecified atom stereocenters. The largest absolute Gasteiger partial charge is 0.481 e. The van der Waals surface area contributed by atoms with Crippen molar-refractivity contribution in [3.8, 4) is 11.1 Å². The van der Waals surface area contributed by atoms with Gasteiger partial charge in [-0.2, -0.15) is 0 Å². The van der Waals surface area contributed by atoms with Gasteiger partial charge in [-0.05, 0) is 34.6 Å². The van der Waals surface area contributed by atoms with E-state index in [-0.39, 0.29) is 24.9 Å². The first-order chi connectivity index (χ1) is 15.8. The van der Waals surface area contributed by atoms with Crippen molar-refractivity contribution in [3.63, 3.8) is 0 Å². The number of carbonyl (C=O) groups excluding carboxylic acids is 2. The van der Waals surface area contributed by atoms with E-state index in [0.717, 1.165) is 22.3 Å². The average Bonchev–Trinajstić information content (AvgIpc) is 3.10. The van der Waals surface area contributed by atoms with Gasteiger partial charge in [0.25, 0.3) is 0 Å². The zero-order valence-electron chi connectivity index (χ0n) is 19.3. The minimum Gasteiger partial charge on any atom is -0.481 e. The highest BCUT2D eigenvalue weighted by Gasteiger charge is 2.30. The van der Waals surface area contributed by atoms with E-state index < -0.39 is 30.1 Å². The Morgan fingerprint density at radius 3 is 2.06 bits per heavy atom. The molecule has 3 N–H and O–H groups in total. The fraction of sp³-hybridized carbons (Fsp3) is 0.423. The lowest BCUT2D eigenvalue weighted by molar-refractivity contribution is -0.138. The molecule has 0 heterocycles. The molecular weight excluding hydrogens is 420 g/mol. The first-order valence-electron chi connectivity index (χ1n) is 11.5. The average molecular weight is 453 g/mol. The van der Waals surface area contributed by atoms with Gasteiger partial charge >= 0.3 is 12.1 Å². The van der Waals surface area contributed by atoms with Crippen LogP contribution < -0.4 is 10.6 Å². The van der Waals surface area contributed by atoms with E-state index in [4.69, 9.17) is 9.84 Å². The van der Waals surface area contributed by atoms with E-state index in [2.05, 4.69) is 22.8 Å². The van der Waals surface area contributed by atoms with Gasteiger partial charge in [0.15, 0.2) is 0 Å². The van der Waals surface area contributed by atoms with Crippen LogP contribution in [0.4, 0.5) is 4.79 Å². The molecule has 0 saturated carbocycles. The number of fused-ring (bicyclic) bond motifs is 3. The molecule has 0 bridgehead atoms. The molecule has 0 spiro atoms. The number of carbonyl (C=O) groups is 3. The summed E-state index contributed by atoms with van der Waals surface area (Å²) < 4.78 is 5.56. The van der Waals surface area contributed by atoms with Crippen LogP contribution in [-0.4, -0.2) is 41.8 Å². The third-order valence-electron chi connectivity index (χ3n) is 6.06. The Kier molecular flexibility index (Phi) is 8.09. The summed E-state index contributed by atoms with van der Waals surface area (Å²) in [5, 5.41) is 14.5. The standard InChI is InChI=1S/C26H32N2O5/c1-4-9-22(25(31)27-23(16(2)3)14-24(29)30)28-26(32)33-15-21-19-12-7-5-10-17(19)18-11-6-8-13-20(18)21/h5-8,10-13,16,21-23H,4,9,14-15H2,1-3H3,(H,27,31)(H,28,32)(H,29,30)/t22-,23-/m0/s1. The van der Waals surface area contributed by atoms with E-state index in [1.54, 1.807) is 0 Å². The van der Waals surface area contributed by atoms with Gasteiger partial charge in [0, 0.05) is 12.0 Å². The number of alkyl carbamates (subject to hydrolysis) is 1. The van der Waals surface area contributed by atoms with Gasteiger partial charge < -0.3 is 20.5 Å². The number of carboxylic acid groups (broad SMARTS) is 1. The summed E-state index contributed by atoms with van der Waals surface area (Å²) in [7, 11) is 0. The van der Waals surface area contributed by atoms with Crippen LogP contribution in [0.1, 0.15) is 57.1 Å². The summed E-state index contributed by atoms with van der Waals surface area (Å²) in [4.78, 5) is 36.5. The second-order valence-corrected chi connectivity index (χ2v) is 8.77. The topological polar surface area (TPSA) is 105 Å². The maximum Gasteiger partial charge on any atom is 0.407 e. The van der Waals surface area contributed by atoms with Crippen molar-refractivity contribution < 1.29 is 24.2 Å². The molecule has 2 aromatic carbocycles. The summed E-state index contributed by atoms with van der Waals surface area (Å²) >= 11 is 0. The van der Waals surface area contributed by atoms with Crippen molar-refractivity contribution in [1.29, 1.82) is 0 Å². The van der Waals surface area contributed by atoms with Gasteiger partial charge in [0.2, 0.25) is 5.91 Å². The number of aliphatic carboxylic acids is 1. The van der Waals surface area contributed by atoms with Crippen LogP contribution in [0.5, 0.6) is 0 Å². The number of amides is 2. The second-order valence-electron chi connectivity index (χ2n) is 8.77. The van der Waals surface area contributed by atoms with Gasteiger partial charge in [-0.15, -0.1) is 0 Å². The Morgan fingerprint density at radius 2 is 1.55 bits per heavy atom. The van der Waals surface area contributed by atoms with E-state index in [9.17, 15) is 14.4 Å². The third-order valence-corrected chi connectivity index (χ3v) is 6.06. The summed E-state index contributed by atoms with van der Waals surface area (Å²) in [6.07, 6.45) is 0.263. The lowest BCUT2D eigenvalue weighted by Gasteiger charge is -2.25. The highest BCUT2D eigenvalue weighted by Crippen LogP contribution is 2.44. The van der Waals surface area contributed by atoms with Gasteiger partial charge in [-0.25, -0.2) is 4.79 Å². The van der Waals surface area contributed by atoms with E-state index >= 15 is 0 Å². The molecule has 0 radical (unpaired) electrons. The van der Waals surface area contributed by atoms with Crippen molar-refractivity contribution in [3.05, 3.63) is 59.7 Å². The molecule has 2 aromatic rings. The molecule has 2 amide bonds. The van der Waals surface area contributed by atoms with Crippen LogP contribution >= 0.6 is 0 Å². The van der Waals surface area contributed by atoms with Gasteiger partial charge in [-0.3, -0.25) is 9.59 Å². The fourth-order valence-corrected chi connectivity index (χ4v) is 4.26. The number of benzene rings is 2. The zero-order valence-corrected chi connectivity index (χ0v) is 19.3. The third kappa shape index (κ3) is 5.92. The summed E-state index contributed by atoms with van der Waals surface area (Å²) in [5.74, 6) is -1.50. The Bertz CT molecular complexity index is 958. The fourth-order valence-electron chi connectivity index (χ4n) is 4.26. The van der Waals surface area contributed by atoms with Crippen LogP contribution in [0.2, 0.25) is 0 Å². The minimum atomic E-state index is -0.981. The molecule has 1 aliphatic rings. The summed E-state index contributed by atoms with van der Waals surface area (Å²) in [6, 6.07) is 14.9. The highest BCUT2D eigenvalue weighted by atomic mass is 16.5. The minimum absolute atomic E-state index is 0.0539. The zero-order chi connectivity index (χ0) is 24.0. The van der Waals surface area contributed by atoms with E-state index in [0.29, 0.717) is 12.8 Å². The number of nitrogens with one attached hydrogen (secondary N) is 2. The molecule has 7 heteroatoms. The number of ether oxygens (including phenoxy) is 1. The van der Waals surface area contributed by atoms with Crippen LogP contribution in [0, 0.1) is 5.92 Å². The molecule has 176 valence electrons. The maximum absolute atomic E-state index is 12.8. The molecule has 3 rings (SSSR count). The van der Waals surface area contributed by atoms with Crippen LogP contribution in [0.3, 0.4) is 0 Å². The second kappa shape index (κ2) is 11.0. The van der Waals surface area contributed by atoms with Crippen LogP contribution in [0.15, 0.2) is 48.5 Å². The Morgan fingerprint density at radius 1 is 0.970 bits per heavy atom.